The van der Waals surface area contributed by atoms with Gasteiger partial charge in [0.15, 0.2) is 5.69 Å². The summed E-state index contributed by atoms with van der Waals surface area (Å²) in [5.41, 5.74) is 0.548. The van der Waals surface area contributed by atoms with Crippen LogP contribution in [0.15, 0.2) is 36.5 Å². The van der Waals surface area contributed by atoms with E-state index in [-0.39, 0.29) is 29.6 Å². The second kappa shape index (κ2) is 6.82. The highest BCUT2D eigenvalue weighted by Crippen LogP contribution is 2.22. The number of benzene rings is 1. The fourth-order valence-corrected chi connectivity index (χ4v) is 2.96. The number of aliphatic carboxylic acids is 1. The average molecular weight is 331 g/mol. The number of carbonyl (C=O) groups is 2. The Balaban J connectivity index is 1.67. The third-order valence-corrected chi connectivity index (χ3v) is 4.27. The lowest BCUT2D eigenvalue weighted by Gasteiger charge is -2.30. The van der Waals surface area contributed by atoms with Gasteiger partial charge in [-0.05, 0) is 37.0 Å². The fraction of sp³-hybridized carbons (Fsp3) is 0.353. The van der Waals surface area contributed by atoms with Crippen molar-refractivity contribution in [2.24, 2.45) is 5.92 Å². The van der Waals surface area contributed by atoms with Crippen LogP contribution in [0.4, 0.5) is 4.39 Å². The van der Waals surface area contributed by atoms with E-state index in [2.05, 4.69) is 5.10 Å². The molecule has 1 aromatic heterocycles. The molecule has 1 fully saturated rings. The molecule has 1 aliphatic heterocycles. The molecule has 1 saturated heterocycles. The lowest BCUT2D eigenvalue weighted by Crippen LogP contribution is -2.39. The van der Waals surface area contributed by atoms with Crippen LogP contribution in [0.2, 0.25) is 0 Å². The van der Waals surface area contributed by atoms with E-state index < -0.39 is 11.8 Å². The van der Waals surface area contributed by atoms with Crippen molar-refractivity contribution >= 4 is 11.9 Å². The predicted octanol–water partition coefficient (Wildman–Crippen LogP) is 2.34. The molecule has 7 heteroatoms. The summed E-state index contributed by atoms with van der Waals surface area (Å²) < 4.78 is 15.1. The Morgan fingerprint density at radius 3 is 2.58 bits per heavy atom. The molecule has 0 unspecified atom stereocenters. The van der Waals surface area contributed by atoms with E-state index in [4.69, 9.17) is 5.11 Å². The van der Waals surface area contributed by atoms with Crippen LogP contribution in [0.3, 0.4) is 0 Å². The number of para-hydroxylation sites is 1. The van der Waals surface area contributed by atoms with Crippen molar-refractivity contribution in [2.45, 2.75) is 19.3 Å². The summed E-state index contributed by atoms with van der Waals surface area (Å²) >= 11 is 0. The van der Waals surface area contributed by atoms with Crippen molar-refractivity contribution in [2.75, 3.05) is 13.1 Å². The van der Waals surface area contributed by atoms with Crippen molar-refractivity contribution in [3.63, 3.8) is 0 Å². The van der Waals surface area contributed by atoms with Gasteiger partial charge in [-0.15, -0.1) is 0 Å². The molecule has 0 atom stereocenters. The predicted molar refractivity (Wildman–Crippen MR) is 84.4 cm³/mol. The molecular weight excluding hydrogens is 313 g/mol. The maximum Gasteiger partial charge on any atom is 0.303 e. The van der Waals surface area contributed by atoms with E-state index in [0.29, 0.717) is 25.9 Å². The number of hydrogen-bond acceptors (Lipinski definition) is 3. The van der Waals surface area contributed by atoms with Crippen LogP contribution in [-0.2, 0) is 4.79 Å². The maximum absolute atomic E-state index is 13.8. The first-order valence-corrected chi connectivity index (χ1v) is 7.86. The van der Waals surface area contributed by atoms with Gasteiger partial charge in [0.05, 0.1) is 0 Å². The van der Waals surface area contributed by atoms with Gasteiger partial charge in [-0.25, -0.2) is 9.07 Å². The highest BCUT2D eigenvalue weighted by molar-refractivity contribution is 5.92. The Labute approximate surface area is 138 Å². The van der Waals surface area contributed by atoms with Gasteiger partial charge in [0, 0.05) is 25.7 Å². The molecule has 1 aromatic carbocycles. The zero-order valence-corrected chi connectivity index (χ0v) is 13.1. The topological polar surface area (TPSA) is 75.4 Å². The molecule has 1 N–H and O–H groups in total. The minimum atomic E-state index is -0.802. The molecule has 24 heavy (non-hydrogen) atoms. The second-order valence-electron chi connectivity index (χ2n) is 5.93. The molecule has 0 bridgehead atoms. The van der Waals surface area contributed by atoms with Gasteiger partial charge in [0.1, 0.15) is 11.5 Å². The molecule has 2 aromatic rings. The number of carboxylic acid groups (broad SMARTS) is 1. The number of aromatic nitrogens is 2. The van der Waals surface area contributed by atoms with Crippen molar-refractivity contribution < 1.29 is 19.1 Å². The number of rotatable bonds is 4. The molecule has 126 valence electrons. The first kappa shape index (κ1) is 16.2. The summed E-state index contributed by atoms with van der Waals surface area (Å²) in [4.78, 5) is 24.9. The number of carbonyl (C=O) groups excluding carboxylic acids is 1. The smallest absolute Gasteiger partial charge is 0.303 e. The molecule has 0 radical (unpaired) electrons. The van der Waals surface area contributed by atoms with Crippen LogP contribution in [0.5, 0.6) is 0 Å². The van der Waals surface area contributed by atoms with Crippen LogP contribution in [0.1, 0.15) is 29.8 Å². The Hall–Kier alpha value is -2.70. The number of piperidine rings is 1. The number of likely N-dealkylation sites (tertiary alicyclic amines) is 1. The monoisotopic (exact) mass is 331 g/mol. The molecular formula is C17H18FN3O3. The van der Waals surface area contributed by atoms with Crippen LogP contribution in [0.25, 0.3) is 5.69 Å². The Kier molecular flexibility index (Phi) is 4.59. The Morgan fingerprint density at radius 2 is 1.92 bits per heavy atom. The van der Waals surface area contributed by atoms with Gasteiger partial charge in [-0.2, -0.15) is 5.10 Å². The molecule has 1 aliphatic rings. The zero-order chi connectivity index (χ0) is 17.1. The largest absolute Gasteiger partial charge is 0.481 e. The standard InChI is InChI=1S/C17H18FN3O3/c18-13-3-1-2-4-15(13)21-10-7-14(19-21)17(24)20-8-5-12(6-9-20)11-16(22)23/h1-4,7,10,12H,5-6,8-9,11H2,(H,22,23). The Bertz CT molecular complexity index is 751. The summed E-state index contributed by atoms with van der Waals surface area (Å²) in [5, 5.41) is 13.0. The molecule has 2 heterocycles. The summed E-state index contributed by atoms with van der Waals surface area (Å²) in [5.74, 6) is -1.31. The molecule has 1 amide bonds. The molecule has 0 spiro atoms. The third-order valence-electron chi connectivity index (χ3n) is 4.27. The molecule has 0 saturated carbocycles. The van der Waals surface area contributed by atoms with E-state index >= 15 is 0 Å². The van der Waals surface area contributed by atoms with Gasteiger partial charge in [0.25, 0.3) is 5.91 Å². The summed E-state index contributed by atoms with van der Waals surface area (Å²) in [7, 11) is 0. The zero-order valence-electron chi connectivity index (χ0n) is 13.1. The molecule has 0 aliphatic carbocycles. The lowest BCUT2D eigenvalue weighted by molar-refractivity contribution is -0.138. The number of carboxylic acids is 1. The van der Waals surface area contributed by atoms with Gasteiger partial charge < -0.3 is 10.0 Å². The Morgan fingerprint density at radius 1 is 1.21 bits per heavy atom. The van der Waals surface area contributed by atoms with Crippen molar-refractivity contribution in [3.05, 3.63) is 48.0 Å². The highest BCUT2D eigenvalue weighted by atomic mass is 19.1. The van der Waals surface area contributed by atoms with E-state index in [1.165, 1.54) is 10.7 Å². The highest BCUT2D eigenvalue weighted by Gasteiger charge is 2.26. The number of nitrogens with zero attached hydrogens (tertiary/aromatic N) is 3. The molecule has 3 rings (SSSR count). The first-order valence-electron chi connectivity index (χ1n) is 7.86. The summed E-state index contributed by atoms with van der Waals surface area (Å²) in [6.45, 7) is 1.03. The van der Waals surface area contributed by atoms with Crippen molar-refractivity contribution in [1.82, 2.24) is 14.7 Å². The lowest BCUT2D eigenvalue weighted by atomic mass is 9.93. The SMILES string of the molecule is O=C(O)CC1CCN(C(=O)c2ccn(-c3ccccc3F)n2)CC1. The third kappa shape index (κ3) is 3.45. The normalized spacial score (nSPS) is 15.5. The van der Waals surface area contributed by atoms with Crippen LogP contribution in [-0.4, -0.2) is 44.8 Å². The molecule has 6 nitrogen and oxygen atoms in total. The van der Waals surface area contributed by atoms with Gasteiger partial charge in [-0.3, -0.25) is 9.59 Å². The fourth-order valence-electron chi connectivity index (χ4n) is 2.96. The van der Waals surface area contributed by atoms with Crippen molar-refractivity contribution in [1.29, 1.82) is 0 Å². The summed E-state index contributed by atoms with van der Waals surface area (Å²) in [6.07, 6.45) is 3.05. The van der Waals surface area contributed by atoms with Crippen LogP contribution in [0, 0.1) is 11.7 Å². The minimum Gasteiger partial charge on any atom is -0.481 e. The van der Waals surface area contributed by atoms with E-state index in [1.807, 2.05) is 0 Å². The summed E-state index contributed by atoms with van der Waals surface area (Å²) in [6, 6.07) is 7.79. The van der Waals surface area contributed by atoms with E-state index in [1.54, 1.807) is 35.4 Å². The first-order chi connectivity index (χ1) is 11.5. The quantitative estimate of drug-likeness (QED) is 0.933. The van der Waals surface area contributed by atoms with Crippen molar-refractivity contribution in [3.8, 4) is 5.69 Å². The number of halogens is 1. The maximum atomic E-state index is 13.8. The van der Waals surface area contributed by atoms with Gasteiger partial charge in [-0.1, -0.05) is 12.1 Å². The minimum absolute atomic E-state index is 0.113. The average Bonchev–Trinajstić information content (AvgIpc) is 3.04. The van der Waals surface area contributed by atoms with E-state index in [9.17, 15) is 14.0 Å². The second-order valence-corrected chi connectivity index (χ2v) is 5.93. The van der Waals surface area contributed by atoms with Crippen LogP contribution < -0.4 is 0 Å². The van der Waals surface area contributed by atoms with Crippen LogP contribution >= 0.6 is 0 Å². The number of amides is 1. The van der Waals surface area contributed by atoms with Gasteiger partial charge in [0.2, 0.25) is 0 Å². The number of hydrogen-bond donors (Lipinski definition) is 1. The van der Waals surface area contributed by atoms with Gasteiger partial charge >= 0.3 is 5.97 Å². The van der Waals surface area contributed by atoms with E-state index in [0.717, 1.165) is 0 Å².